The van der Waals surface area contributed by atoms with E-state index in [-0.39, 0.29) is 12.4 Å². The van der Waals surface area contributed by atoms with Gasteiger partial charge in [0.2, 0.25) is 0 Å². The van der Waals surface area contributed by atoms with E-state index in [4.69, 9.17) is 14.0 Å². The molecule has 0 aromatic rings. The predicted octanol–water partition coefficient (Wildman–Crippen LogP) is 1.97. The standard InChI is InChI=1S/C13H27NO6S/c1-12(2,3)20-11(15)14-13(4,5)10-19-8-6-7-9-21(16,17)18/h6-10H2,1-5H3,(H,14,15)(H,16,17,18). The number of rotatable bonds is 8. The van der Waals surface area contributed by atoms with Crippen molar-refractivity contribution < 1.29 is 27.2 Å². The third-order valence-electron chi connectivity index (χ3n) is 2.24. The fourth-order valence-corrected chi connectivity index (χ4v) is 2.00. The van der Waals surface area contributed by atoms with Crippen molar-refractivity contribution in [3.8, 4) is 0 Å². The SMILES string of the molecule is CC(C)(COCCCCS(=O)(=O)O)NC(=O)OC(C)(C)C. The molecule has 126 valence electrons. The van der Waals surface area contributed by atoms with Crippen LogP contribution in [0.4, 0.5) is 4.79 Å². The summed E-state index contributed by atoms with van der Waals surface area (Å²) >= 11 is 0. The molecule has 1 amide bonds. The van der Waals surface area contributed by atoms with Crippen LogP contribution in [0.15, 0.2) is 0 Å². The Balaban J connectivity index is 3.90. The zero-order chi connectivity index (χ0) is 16.7. The van der Waals surface area contributed by atoms with Crippen LogP contribution >= 0.6 is 0 Å². The Labute approximate surface area is 127 Å². The van der Waals surface area contributed by atoms with Crippen LogP contribution in [0, 0.1) is 0 Å². The van der Waals surface area contributed by atoms with Crippen molar-refractivity contribution in [2.45, 2.75) is 58.6 Å². The van der Waals surface area contributed by atoms with Crippen LogP contribution in [-0.2, 0) is 19.6 Å². The first-order valence-electron chi connectivity index (χ1n) is 6.85. The minimum Gasteiger partial charge on any atom is -0.444 e. The van der Waals surface area contributed by atoms with Crippen LogP contribution in [-0.4, -0.2) is 49.2 Å². The predicted molar refractivity (Wildman–Crippen MR) is 79.9 cm³/mol. The van der Waals surface area contributed by atoms with Crippen LogP contribution in [0.2, 0.25) is 0 Å². The molecule has 0 unspecified atom stereocenters. The Bertz CT molecular complexity index is 424. The highest BCUT2D eigenvalue weighted by Gasteiger charge is 2.24. The van der Waals surface area contributed by atoms with Gasteiger partial charge in [-0.2, -0.15) is 8.42 Å². The summed E-state index contributed by atoms with van der Waals surface area (Å²) in [5.41, 5.74) is -1.15. The van der Waals surface area contributed by atoms with E-state index in [9.17, 15) is 13.2 Å². The van der Waals surface area contributed by atoms with Gasteiger partial charge in [0, 0.05) is 6.61 Å². The van der Waals surface area contributed by atoms with Gasteiger partial charge in [-0.3, -0.25) is 4.55 Å². The highest BCUT2D eigenvalue weighted by atomic mass is 32.2. The summed E-state index contributed by atoms with van der Waals surface area (Å²) in [6.07, 6.45) is 0.337. The summed E-state index contributed by atoms with van der Waals surface area (Å²) < 4.78 is 40.1. The molecule has 0 atom stereocenters. The Morgan fingerprint density at radius 1 is 1.14 bits per heavy atom. The Morgan fingerprint density at radius 3 is 2.19 bits per heavy atom. The van der Waals surface area contributed by atoms with Crippen molar-refractivity contribution in [2.24, 2.45) is 0 Å². The van der Waals surface area contributed by atoms with Gasteiger partial charge in [0.25, 0.3) is 10.1 Å². The van der Waals surface area contributed by atoms with E-state index < -0.39 is 27.4 Å². The molecule has 0 aromatic heterocycles. The number of carbonyl (C=O) groups excluding carboxylic acids is 1. The molecule has 0 saturated heterocycles. The van der Waals surface area contributed by atoms with Gasteiger partial charge in [0.1, 0.15) is 5.60 Å². The maximum absolute atomic E-state index is 11.6. The molecule has 0 heterocycles. The number of alkyl carbamates (subject to hydrolysis) is 1. The second-order valence-corrected chi connectivity index (χ2v) is 8.13. The van der Waals surface area contributed by atoms with Crippen molar-refractivity contribution >= 4 is 16.2 Å². The molecule has 21 heavy (non-hydrogen) atoms. The lowest BCUT2D eigenvalue weighted by atomic mass is 10.1. The zero-order valence-electron chi connectivity index (χ0n) is 13.4. The normalized spacial score (nSPS) is 13.0. The lowest BCUT2D eigenvalue weighted by Crippen LogP contribution is -2.48. The number of ether oxygens (including phenoxy) is 2. The van der Waals surface area contributed by atoms with Crippen LogP contribution in [0.5, 0.6) is 0 Å². The monoisotopic (exact) mass is 325 g/mol. The molecule has 8 heteroatoms. The van der Waals surface area contributed by atoms with Gasteiger partial charge < -0.3 is 14.8 Å². The molecule has 0 radical (unpaired) electrons. The molecule has 0 saturated carbocycles. The molecule has 0 fully saturated rings. The van der Waals surface area contributed by atoms with Crippen molar-refractivity contribution in [3.05, 3.63) is 0 Å². The topological polar surface area (TPSA) is 102 Å². The fraction of sp³-hybridized carbons (Fsp3) is 0.923. The van der Waals surface area contributed by atoms with E-state index in [0.717, 1.165) is 0 Å². The Morgan fingerprint density at radius 2 is 1.71 bits per heavy atom. The van der Waals surface area contributed by atoms with Gasteiger partial charge in [0.05, 0.1) is 17.9 Å². The van der Waals surface area contributed by atoms with Gasteiger partial charge in [-0.15, -0.1) is 0 Å². The molecule has 2 N–H and O–H groups in total. The minimum absolute atomic E-state index is 0.268. The summed E-state index contributed by atoms with van der Waals surface area (Å²) in [6.45, 7) is 9.58. The molecular formula is C13H27NO6S. The fourth-order valence-electron chi connectivity index (χ4n) is 1.43. The number of hydrogen-bond donors (Lipinski definition) is 2. The van der Waals surface area contributed by atoms with Gasteiger partial charge in [-0.1, -0.05) is 0 Å². The van der Waals surface area contributed by atoms with Crippen LogP contribution in [0.3, 0.4) is 0 Å². The van der Waals surface area contributed by atoms with Gasteiger partial charge in [-0.05, 0) is 47.5 Å². The first kappa shape index (κ1) is 20.1. The molecule has 0 rings (SSSR count). The quantitative estimate of drug-likeness (QED) is 0.522. The molecule has 0 spiro atoms. The lowest BCUT2D eigenvalue weighted by Gasteiger charge is -2.28. The number of carbonyl (C=O) groups is 1. The van der Waals surface area contributed by atoms with E-state index in [2.05, 4.69) is 5.32 Å². The molecule has 0 aromatic carbocycles. The zero-order valence-corrected chi connectivity index (χ0v) is 14.2. The Hall–Kier alpha value is -0.860. The van der Waals surface area contributed by atoms with Crippen molar-refractivity contribution in [1.29, 1.82) is 0 Å². The molecule has 0 aliphatic carbocycles. The van der Waals surface area contributed by atoms with Crippen molar-refractivity contribution in [3.63, 3.8) is 0 Å². The Kier molecular flexibility index (Phi) is 7.63. The van der Waals surface area contributed by atoms with Crippen LogP contribution < -0.4 is 5.32 Å². The van der Waals surface area contributed by atoms with E-state index in [1.165, 1.54) is 0 Å². The average molecular weight is 325 g/mol. The highest BCUT2D eigenvalue weighted by molar-refractivity contribution is 7.85. The summed E-state index contributed by atoms with van der Waals surface area (Å²) in [5.74, 6) is -0.268. The summed E-state index contributed by atoms with van der Waals surface area (Å²) in [5, 5.41) is 2.71. The van der Waals surface area contributed by atoms with Crippen molar-refractivity contribution in [1.82, 2.24) is 5.32 Å². The summed E-state index contributed by atoms with van der Waals surface area (Å²) in [6, 6.07) is 0. The first-order chi connectivity index (χ1) is 9.31. The van der Waals surface area contributed by atoms with Crippen LogP contribution in [0.1, 0.15) is 47.5 Å². The van der Waals surface area contributed by atoms with Crippen LogP contribution in [0.25, 0.3) is 0 Å². The minimum atomic E-state index is -3.90. The lowest BCUT2D eigenvalue weighted by molar-refractivity contribution is 0.0344. The number of hydrogen-bond acceptors (Lipinski definition) is 5. The van der Waals surface area contributed by atoms with E-state index in [0.29, 0.717) is 19.4 Å². The van der Waals surface area contributed by atoms with E-state index >= 15 is 0 Å². The summed E-state index contributed by atoms with van der Waals surface area (Å²) in [7, 11) is -3.90. The largest absolute Gasteiger partial charge is 0.444 e. The smallest absolute Gasteiger partial charge is 0.408 e. The maximum Gasteiger partial charge on any atom is 0.408 e. The molecular weight excluding hydrogens is 298 g/mol. The number of unbranched alkanes of at least 4 members (excludes halogenated alkanes) is 1. The molecule has 7 nitrogen and oxygen atoms in total. The molecule has 0 aliphatic rings. The maximum atomic E-state index is 11.6. The first-order valence-corrected chi connectivity index (χ1v) is 8.46. The van der Waals surface area contributed by atoms with E-state index in [1.54, 1.807) is 34.6 Å². The highest BCUT2D eigenvalue weighted by Crippen LogP contribution is 2.10. The average Bonchev–Trinajstić information content (AvgIpc) is 2.17. The third kappa shape index (κ3) is 13.9. The van der Waals surface area contributed by atoms with E-state index in [1.807, 2.05) is 0 Å². The second kappa shape index (κ2) is 7.95. The number of amides is 1. The van der Waals surface area contributed by atoms with Gasteiger partial charge >= 0.3 is 6.09 Å². The summed E-state index contributed by atoms with van der Waals surface area (Å²) in [4.78, 5) is 11.6. The van der Waals surface area contributed by atoms with Gasteiger partial charge in [-0.25, -0.2) is 4.79 Å². The molecule has 0 aliphatic heterocycles. The van der Waals surface area contributed by atoms with Gasteiger partial charge in [0.15, 0.2) is 0 Å². The third-order valence-corrected chi connectivity index (χ3v) is 3.05. The second-order valence-electron chi connectivity index (χ2n) is 6.56. The molecule has 0 bridgehead atoms. The number of nitrogens with one attached hydrogen (secondary N) is 1. The van der Waals surface area contributed by atoms with Crippen molar-refractivity contribution in [2.75, 3.05) is 19.0 Å².